The van der Waals surface area contributed by atoms with E-state index in [4.69, 9.17) is 15.0 Å². The molecule has 1 aromatic heterocycles. The van der Waals surface area contributed by atoms with Gasteiger partial charge in [-0.15, -0.1) is 0 Å². The zero-order valence-electron chi connectivity index (χ0n) is 32.1. The number of rotatable bonds is 6. The minimum absolute atomic E-state index is 0.198. The standard InChI is InChI=1S/C52H48N4/c53-31-32-9-14-47-41(21-32)7-4-8-46(47)42-22-43(24-45(23-42)52-28-36-18-37(29-52)20-38(19-36)30-52)50-55-48(39-5-2-1-3-6-39)54-49(56-50)40-10-12-44(13-11-40)51-25-33-15-34(26-51)17-35(16-33)27-51/h1-14,21-24,33-38H,15-20,25-30H2/t33-,34+,35-,36-,37+,38-,51?,52?. The maximum Gasteiger partial charge on any atom is 0.164 e. The van der Waals surface area contributed by atoms with Crippen molar-refractivity contribution in [2.75, 3.05) is 0 Å². The van der Waals surface area contributed by atoms with Gasteiger partial charge in [-0.3, -0.25) is 0 Å². The van der Waals surface area contributed by atoms with Crippen LogP contribution in [-0.4, -0.2) is 15.0 Å². The lowest BCUT2D eigenvalue weighted by molar-refractivity contribution is -0.00529. The minimum atomic E-state index is 0.198. The summed E-state index contributed by atoms with van der Waals surface area (Å²) in [6.45, 7) is 0. The third-order valence-corrected chi connectivity index (χ3v) is 15.6. The second-order valence-electron chi connectivity index (χ2n) is 19.3. The van der Waals surface area contributed by atoms with Gasteiger partial charge in [0.2, 0.25) is 0 Å². The number of benzene rings is 5. The Morgan fingerprint density at radius 2 is 0.964 bits per heavy atom. The first-order valence-electron chi connectivity index (χ1n) is 21.5. The molecular formula is C52H48N4. The smallest absolute Gasteiger partial charge is 0.164 e. The van der Waals surface area contributed by atoms with Crippen molar-refractivity contribution < 1.29 is 0 Å². The fourth-order valence-electron chi connectivity index (χ4n) is 14.1. The highest BCUT2D eigenvalue weighted by Crippen LogP contribution is 2.62. The second-order valence-corrected chi connectivity index (χ2v) is 19.3. The molecule has 8 aliphatic carbocycles. The summed E-state index contributed by atoms with van der Waals surface area (Å²) in [7, 11) is 0. The van der Waals surface area contributed by atoms with E-state index in [1.807, 2.05) is 12.1 Å². The average Bonchev–Trinajstić information content (AvgIpc) is 3.22. The summed E-state index contributed by atoms with van der Waals surface area (Å²) < 4.78 is 0. The van der Waals surface area contributed by atoms with Crippen molar-refractivity contribution in [1.82, 2.24) is 15.0 Å². The van der Waals surface area contributed by atoms with Crippen LogP contribution < -0.4 is 0 Å². The third kappa shape index (κ3) is 5.41. The SMILES string of the molecule is N#Cc1ccc2c(-c3cc(-c4nc(-c5ccccc5)nc(-c5ccc(C67C[C@H]8C[C@@H](C6)C[C@@H](C7)C8)cc5)n4)cc(C45C[C@H]6C[C@@H](C4)C[C@@H](C5)C6)c3)cccc2c1. The summed E-state index contributed by atoms with van der Waals surface area (Å²) in [5.41, 5.74) is 9.74. The van der Waals surface area contributed by atoms with Gasteiger partial charge in [-0.05, 0) is 181 Å². The normalized spacial score (nSPS) is 30.8. The molecule has 6 aromatic rings. The summed E-state index contributed by atoms with van der Waals surface area (Å²) in [5, 5.41) is 12.0. The molecular weight excluding hydrogens is 681 g/mol. The quantitative estimate of drug-likeness (QED) is 0.171. The molecule has 0 radical (unpaired) electrons. The molecule has 0 N–H and O–H groups in total. The number of fused-ring (bicyclic) bond motifs is 1. The van der Waals surface area contributed by atoms with Crippen LogP contribution in [0.5, 0.6) is 0 Å². The van der Waals surface area contributed by atoms with E-state index >= 15 is 0 Å². The van der Waals surface area contributed by atoms with Gasteiger partial charge >= 0.3 is 0 Å². The van der Waals surface area contributed by atoms with Crippen LogP contribution in [0.25, 0.3) is 56.1 Å². The lowest BCUT2D eigenvalue weighted by atomic mass is 9.48. The first-order valence-corrected chi connectivity index (χ1v) is 21.5. The highest BCUT2D eigenvalue weighted by Gasteiger charge is 2.53. The number of nitriles is 1. The van der Waals surface area contributed by atoms with Gasteiger partial charge in [-0.25, -0.2) is 15.0 Å². The Kier molecular flexibility index (Phi) is 7.33. The Bertz CT molecular complexity index is 2490. The van der Waals surface area contributed by atoms with Crippen molar-refractivity contribution in [3.8, 4) is 51.4 Å². The molecule has 8 aliphatic rings. The van der Waals surface area contributed by atoms with Crippen LogP contribution in [0.15, 0.2) is 109 Å². The van der Waals surface area contributed by atoms with Crippen LogP contribution in [0.3, 0.4) is 0 Å². The second kappa shape index (κ2) is 12.4. The largest absolute Gasteiger partial charge is 0.208 e. The topological polar surface area (TPSA) is 62.5 Å². The Balaban J connectivity index is 1.01. The maximum atomic E-state index is 9.69. The molecule has 0 saturated heterocycles. The Morgan fingerprint density at radius 1 is 0.446 bits per heavy atom. The average molecular weight is 729 g/mol. The Morgan fingerprint density at radius 3 is 1.54 bits per heavy atom. The van der Waals surface area contributed by atoms with E-state index in [9.17, 15) is 5.26 Å². The summed E-state index contributed by atoms with van der Waals surface area (Å²) >= 11 is 0. The van der Waals surface area contributed by atoms with Crippen LogP contribution in [0.4, 0.5) is 0 Å². The molecule has 8 saturated carbocycles. The summed E-state index contributed by atoms with van der Waals surface area (Å²) in [5.74, 6) is 7.46. The number of hydrogen-bond acceptors (Lipinski definition) is 4. The van der Waals surface area contributed by atoms with Gasteiger partial charge in [0.1, 0.15) is 0 Å². The molecule has 0 amide bonds. The zero-order valence-corrected chi connectivity index (χ0v) is 32.1. The van der Waals surface area contributed by atoms with Gasteiger partial charge in [0.05, 0.1) is 11.6 Å². The van der Waals surface area contributed by atoms with E-state index < -0.39 is 0 Å². The Labute approximate surface area is 330 Å². The number of aromatic nitrogens is 3. The molecule has 4 heteroatoms. The molecule has 0 unspecified atom stereocenters. The van der Waals surface area contributed by atoms with Gasteiger partial charge in [-0.2, -0.15) is 5.26 Å². The molecule has 56 heavy (non-hydrogen) atoms. The summed E-state index contributed by atoms with van der Waals surface area (Å²) in [4.78, 5) is 15.9. The first-order chi connectivity index (χ1) is 27.5. The number of hydrogen-bond donors (Lipinski definition) is 0. The van der Waals surface area contributed by atoms with Crippen molar-refractivity contribution in [1.29, 1.82) is 5.26 Å². The molecule has 5 aromatic carbocycles. The molecule has 0 spiro atoms. The highest BCUT2D eigenvalue weighted by molar-refractivity contribution is 5.98. The van der Waals surface area contributed by atoms with Gasteiger partial charge in [0, 0.05) is 16.7 Å². The van der Waals surface area contributed by atoms with Crippen LogP contribution in [0.2, 0.25) is 0 Å². The summed E-state index contributed by atoms with van der Waals surface area (Å²) in [6, 6.07) is 42.1. The predicted octanol–water partition coefficient (Wildman–Crippen LogP) is 12.5. The Hall–Kier alpha value is -5.14. The molecule has 8 bridgehead atoms. The fourth-order valence-corrected chi connectivity index (χ4v) is 14.1. The molecule has 14 rings (SSSR count). The van der Waals surface area contributed by atoms with E-state index in [1.54, 1.807) is 0 Å². The van der Waals surface area contributed by atoms with Crippen molar-refractivity contribution in [3.05, 3.63) is 126 Å². The molecule has 8 fully saturated rings. The third-order valence-electron chi connectivity index (χ3n) is 15.6. The van der Waals surface area contributed by atoms with Gasteiger partial charge in [0.15, 0.2) is 17.5 Å². The van der Waals surface area contributed by atoms with Crippen LogP contribution in [0.1, 0.15) is 93.7 Å². The van der Waals surface area contributed by atoms with Crippen molar-refractivity contribution in [2.24, 2.45) is 35.5 Å². The van der Waals surface area contributed by atoms with E-state index in [0.717, 1.165) is 69.2 Å². The molecule has 4 nitrogen and oxygen atoms in total. The molecule has 0 atom stereocenters. The van der Waals surface area contributed by atoms with Crippen LogP contribution in [-0.2, 0) is 10.8 Å². The molecule has 0 aliphatic heterocycles. The fraction of sp³-hybridized carbons (Fsp3) is 0.385. The lowest BCUT2D eigenvalue weighted by Crippen LogP contribution is -2.48. The number of nitrogens with zero attached hydrogens (tertiary/aromatic N) is 4. The van der Waals surface area contributed by atoms with Crippen molar-refractivity contribution in [2.45, 2.75) is 87.9 Å². The van der Waals surface area contributed by atoms with E-state index in [0.29, 0.717) is 16.8 Å². The van der Waals surface area contributed by atoms with Crippen molar-refractivity contribution in [3.63, 3.8) is 0 Å². The van der Waals surface area contributed by atoms with E-state index in [-0.39, 0.29) is 5.41 Å². The predicted molar refractivity (Wildman–Crippen MR) is 223 cm³/mol. The van der Waals surface area contributed by atoms with Gasteiger partial charge < -0.3 is 0 Å². The van der Waals surface area contributed by atoms with Gasteiger partial charge in [-0.1, -0.05) is 84.9 Å². The monoisotopic (exact) mass is 728 g/mol. The van der Waals surface area contributed by atoms with Crippen molar-refractivity contribution >= 4 is 10.8 Å². The highest BCUT2D eigenvalue weighted by atomic mass is 15.0. The molecule has 1 heterocycles. The maximum absolute atomic E-state index is 9.69. The summed E-state index contributed by atoms with van der Waals surface area (Å²) in [6.07, 6.45) is 16.6. The van der Waals surface area contributed by atoms with Gasteiger partial charge in [0.25, 0.3) is 0 Å². The first kappa shape index (κ1) is 33.0. The minimum Gasteiger partial charge on any atom is -0.208 e. The van der Waals surface area contributed by atoms with E-state index in [2.05, 4.69) is 103 Å². The lowest BCUT2D eigenvalue weighted by Gasteiger charge is -2.57. The van der Waals surface area contributed by atoms with Crippen LogP contribution in [0, 0.1) is 46.8 Å². The zero-order chi connectivity index (χ0) is 37.0. The molecule has 276 valence electrons. The van der Waals surface area contributed by atoms with Crippen LogP contribution >= 0.6 is 0 Å². The van der Waals surface area contributed by atoms with E-state index in [1.165, 1.54) is 105 Å².